The van der Waals surface area contributed by atoms with Crippen LogP contribution < -0.4 is 10.6 Å². The zero-order chi connectivity index (χ0) is 13.8. The van der Waals surface area contributed by atoms with Gasteiger partial charge in [0.25, 0.3) is 0 Å². The molecule has 3 N–H and O–H groups in total. The van der Waals surface area contributed by atoms with Crippen LogP contribution in [0, 0.1) is 25.2 Å². The molecule has 2 rings (SSSR count). The van der Waals surface area contributed by atoms with Crippen LogP contribution in [0.3, 0.4) is 0 Å². The number of H-pyrrole nitrogens is 1. The number of aromatic amines is 1. The van der Waals surface area contributed by atoms with E-state index >= 15 is 0 Å². The Morgan fingerprint density at radius 3 is 3.05 bits per heavy atom. The fraction of sp³-hybridized carbons (Fsp3) is 0.583. The van der Waals surface area contributed by atoms with Gasteiger partial charge >= 0.3 is 0 Å². The molecule has 0 aliphatic carbocycles. The van der Waals surface area contributed by atoms with Crippen molar-refractivity contribution < 1.29 is 4.79 Å². The van der Waals surface area contributed by atoms with Gasteiger partial charge in [0.05, 0.1) is 29.7 Å². The normalized spacial score (nSPS) is 19.9. The van der Waals surface area contributed by atoms with Gasteiger partial charge in [-0.1, -0.05) is 0 Å². The van der Waals surface area contributed by atoms with Gasteiger partial charge in [0.2, 0.25) is 5.91 Å². The van der Waals surface area contributed by atoms with E-state index in [1.165, 1.54) is 0 Å². The van der Waals surface area contributed by atoms with E-state index in [1.807, 2.05) is 18.7 Å². The van der Waals surface area contributed by atoms with Crippen LogP contribution in [0.15, 0.2) is 0 Å². The second kappa shape index (κ2) is 5.82. The molecule has 7 nitrogen and oxygen atoms in total. The lowest BCUT2D eigenvalue weighted by Crippen LogP contribution is -2.52. The van der Waals surface area contributed by atoms with Crippen molar-refractivity contribution in [1.29, 1.82) is 5.26 Å². The third kappa shape index (κ3) is 3.10. The monoisotopic (exact) mass is 262 g/mol. The number of piperazine rings is 1. The molecular formula is C12H18N6O. The van der Waals surface area contributed by atoms with Gasteiger partial charge in [-0.2, -0.15) is 10.4 Å². The number of hydrogen-bond donors (Lipinski definition) is 3. The second-order valence-electron chi connectivity index (χ2n) is 4.68. The lowest BCUT2D eigenvalue weighted by atomic mass is 10.2. The second-order valence-corrected chi connectivity index (χ2v) is 4.68. The largest absolute Gasteiger partial charge is 0.322 e. The number of aromatic nitrogens is 2. The van der Waals surface area contributed by atoms with E-state index in [0.717, 1.165) is 23.6 Å². The van der Waals surface area contributed by atoms with E-state index < -0.39 is 0 Å². The molecule has 1 saturated heterocycles. The quantitative estimate of drug-likeness (QED) is 0.698. The Balaban J connectivity index is 1.96. The van der Waals surface area contributed by atoms with Crippen LogP contribution in [0.2, 0.25) is 0 Å². The minimum atomic E-state index is -0.244. The van der Waals surface area contributed by atoms with Crippen molar-refractivity contribution in [1.82, 2.24) is 20.4 Å². The van der Waals surface area contributed by atoms with Crippen LogP contribution in [0.25, 0.3) is 0 Å². The van der Waals surface area contributed by atoms with Gasteiger partial charge in [0.1, 0.15) is 6.04 Å². The highest BCUT2D eigenvalue weighted by Gasteiger charge is 2.24. The molecule has 2 heterocycles. The minimum absolute atomic E-state index is 0.116. The molecule has 1 aromatic heterocycles. The van der Waals surface area contributed by atoms with Crippen LogP contribution in [-0.4, -0.2) is 53.2 Å². The van der Waals surface area contributed by atoms with Gasteiger partial charge in [-0.25, -0.2) is 0 Å². The number of anilines is 1. The van der Waals surface area contributed by atoms with Crippen LogP contribution in [0.5, 0.6) is 0 Å². The predicted molar refractivity (Wildman–Crippen MR) is 70.5 cm³/mol. The van der Waals surface area contributed by atoms with E-state index in [2.05, 4.69) is 26.9 Å². The molecule has 1 aliphatic rings. The van der Waals surface area contributed by atoms with Crippen molar-refractivity contribution in [2.45, 2.75) is 19.9 Å². The molecule has 0 spiro atoms. The highest BCUT2D eigenvalue weighted by atomic mass is 16.2. The first-order valence-corrected chi connectivity index (χ1v) is 6.27. The van der Waals surface area contributed by atoms with Crippen molar-refractivity contribution >= 4 is 11.6 Å². The van der Waals surface area contributed by atoms with Gasteiger partial charge in [-0.05, 0) is 13.8 Å². The summed E-state index contributed by atoms with van der Waals surface area (Å²) < 4.78 is 0. The Hall–Kier alpha value is -1.91. The summed E-state index contributed by atoms with van der Waals surface area (Å²) in [5.41, 5.74) is 2.33. The van der Waals surface area contributed by atoms with E-state index in [4.69, 9.17) is 5.26 Å². The zero-order valence-electron chi connectivity index (χ0n) is 11.2. The summed E-state index contributed by atoms with van der Waals surface area (Å²) in [5, 5.41) is 21.9. The Morgan fingerprint density at radius 1 is 1.63 bits per heavy atom. The van der Waals surface area contributed by atoms with Gasteiger partial charge in [0, 0.05) is 19.6 Å². The molecule has 102 valence electrons. The molecule has 0 radical (unpaired) electrons. The van der Waals surface area contributed by atoms with Crippen molar-refractivity contribution in [2.24, 2.45) is 0 Å². The smallest absolute Gasteiger partial charge is 0.238 e. The molecule has 1 fully saturated rings. The number of carbonyl (C=O) groups excluding carboxylic acids is 1. The zero-order valence-corrected chi connectivity index (χ0v) is 11.2. The van der Waals surface area contributed by atoms with E-state index in [0.29, 0.717) is 13.1 Å². The molecule has 0 aromatic carbocycles. The van der Waals surface area contributed by atoms with Crippen LogP contribution in [0.1, 0.15) is 11.4 Å². The van der Waals surface area contributed by atoms with Crippen molar-refractivity contribution in [3.63, 3.8) is 0 Å². The number of carbonyl (C=O) groups is 1. The third-order valence-electron chi connectivity index (χ3n) is 3.24. The highest BCUT2D eigenvalue weighted by molar-refractivity contribution is 5.93. The average Bonchev–Trinajstić information content (AvgIpc) is 2.71. The first-order valence-electron chi connectivity index (χ1n) is 6.27. The van der Waals surface area contributed by atoms with Gasteiger partial charge in [-0.15, -0.1) is 0 Å². The number of hydrogen-bond acceptors (Lipinski definition) is 5. The third-order valence-corrected chi connectivity index (χ3v) is 3.24. The SMILES string of the molecule is Cc1n[nH]c(C)c1NC(=O)CN1CCNCC1C#N. The number of nitrogens with zero attached hydrogens (tertiary/aromatic N) is 3. The lowest BCUT2D eigenvalue weighted by molar-refractivity contribution is -0.117. The summed E-state index contributed by atoms with van der Waals surface area (Å²) in [4.78, 5) is 13.9. The Bertz CT molecular complexity index is 483. The molecule has 0 bridgehead atoms. The fourth-order valence-corrected chi connectivity index (χ4v) is 2.16. The number of amides is 1. The summed E-state index contributed by atoms with van der Waals surface area (Å²) in [5.74, 6) is -0.116. The first-order chi connectivity index (χ1) is 9.11. The lowest BCUT2D eigenvalue weighted by Gasteiger charge is -2.31. The summed E-state index contributed by atoms with van der Waals surface area (Å²) in [6.07, 6.45) is 0. The van der Waals surface area contributed by atoms with Gasteiger partial charge in [0.15, 0.2) is 0 Å². The topological polar surface area (TPSA) is 96.8 Å². The summed E-state index contributed by atoms with van der Waals surface area (Å²) in [6, 6.07) is 1.96. The van der Waals surface area contributed by atoms with Crippen LogP contribution in [-0.2, 0) is 4.79 Å². The van der Waals surface area contributed by atoms with Crippen molar-refractivity contribution in [2.75, 3.05) is 31.5 Å². The summed E-state index contributed by atoms with van der Waals surface area (Å²) >= 11 is 0. The molecular weight excluding hydrogens is 244 g/mol. The number of nitrogens with one attached hydrogen (secondary N) is 3. The maximum Gasteiger partial charge on any atom is 0.238 e. The summed E-state index contributed by atoms with van der Waals surface area (Å²) in [7, 11) is 0. The number of rotatable bonds is 3. The predicted octanol–water partition coefficient (Wildman–Crippen LogP) is -0.238. The van der Waals surface area contributed by atoms with Crippen molar-refractivity contribution in [3.8, 4) is 6.07 Å². The Kier molecular flexibility index (Phi) is 4.14. The Morgan fingerprint density at radius 2 is 2.42 bits per heavy atom. The molecule has 19 heavy (non-hydrogen) atoms. The maximum absolute atomic E-state index is 12.0. The average molecular weight is 262 g/mol. The standard InChI is InChI=1S/C12H18N6O/c1-8-12(9(2)17-16-8)15-11(19)7-18-4-3-14-6-10(18)5-13/h10,14H,3-4,6-7H2,1-2H3,(H,15,19)(H,16,17). The molecule has 1 amide bonds. The van der Waals surface area contributed by atoms with Crippen LogP contribution in [0.4, 0.5) is 5.69 Å². The fourth-order valence-electron chi connectivity index (χ4n) is 2.16. The highest BCUT2D eigenvalue weighted by Crippen LogP contribution is 2.16. The minimum Gasteiger partial charge on any atom is -0.322 e. The summed E-state index contributed by atoms with van der Waals surface area (Å²) in [6.45, 7) is 6.03. The number of nitriles is 1. The molecule has 1 unspecified atom stereocenters. The molecule has 7 heteroatoms. The van der Waals surface area contributed by atoms with E-state index in [1.54, 1.807) is 0 Å². The molecule has 1 aromatic rings. The maximum atomic E-state index is 12.0. The first kappa shape index (κ1) is 13.5. The Labute approximate surface area is 112 Å². The van der Waals surface area contributed by atoms with Crippen molar-refractivity contribution in [3.05, 3.63) is 11.4 Å². The van der Waals surface area contributed by atoms with E-state index in [-0.39, 0.29) is 18.5 Å². The molecule has 1 atom stereocenters. The molecule has 0 saturated carbocycles. The number of aryl methyl sites for hydroxylation is 2. The van der Waals surface area contributed by atoms with Crippen LogP contribution >= 0.6 is 0 Å². The molecule has 1 aliphatic heterocycles. The van der Waals surface area contributed by atoms with Gasteiger partial charge < -0.3 is 10.6 Å². The van der Waals surface area contributed by atoms with Gasteiger partial charge in [-0.3, -0.25) is 14.8 Å². The van der Waals surface area contributed by atoms with E-state index in [9.17, 15) is 4.79 Å².